The van der Waals surface area contributed by atoms with Crippen molar-refractivity contribution in [1.82, 2.24) is 5.32 Å². The molecular formula is C21H24N2O5S. The minimum absolute atomic E-state index is 0.0712. The van der Waals surface area contributed by atoms with Gasteiger partial charge in [0.2, 0.25) is 5.91 Å². The van der Waals surface area contributed by atoms with Crippen molar-refractivity contribution < 1.29 is 22.1 Å². The predicted molar refractivity (Wildman–Crippen MR) is 107 cm³/mol. The van der Waals surface area contributed by atoms with E-state index in [9.17, 15) is 13.2 Å². The Morgan fingerprint density at radius 1 is 1.17 bits per heavy atom. The van der Waals surface area contributed by atoms with Gasteiger partial charge in [-0.3, -0.25) is 4.79 Å². The van der Waals surface area contributed by atoms with Crippen LogP contribution in [-0.2, 0) is 27.8 Å². The Balaban J connectivity index is 1.61. The summed E-state index contributed by atoms with van der Waals surface area (Å²) < 4.78 is 36.9. The maximum absolute atomic E-state index is 12.8. The molecule has 0 fully saturated rings. The molecule has 0 aromatic heterocycles. The number of benzene rings is 2. The minimum atomic E-state index is -4.03. The first-order valence-electron chi connectivity index (χ1n) is 9.57. The van der Waals surface area contributed by atoms with Crippen LogP contribution in [0.5, 0.6) is 11.5 Å². The highest BCUT2D eigenvalue weighted by Crippen LogP contribution is 2.35. The number of fused-ring (bicyclic) bond motifs is 2. The molecule has 29 heavy (non-hydrogen) atoms. The quantitative estimate of drug-likeness (QED) is 0.740. The lowest BCUT2D eigenvalue weighted by Gasteiger charge is -2.32. The van der Waals surface area contributed by atoms with Crippen LogP contribution >= 0.6 is 0 Å². The third kappa shape index (κ3) is 3.95. The molecule has 154 valence electrons. The number of carbonyl (C=O) groups excluding carboxylic acids is 1. The van der Waals surface area contributed by atoms with E-state index in [-0.39, 0.29) is 16.2 Å². The van der Waals surface area contributed by atoms with E-state index >= 15 is 0 Å². The predicted octanol–water partition coefficient (Wildman–Crippen LogP) is 2.23. The van der Waals surface area contributed by atoms with E-state index in [1.807, 2.05) is 13.8 Å². The fourth-order valence-electron chi connectivity index (χ4n) is 3.80. The largest absolute Gasteiger partial charge is 0.488 e. The van der Waals surface area contributed by atoms with Crippen LogP contribution in [0.15, 0.2) is 41.3 Å². The Hall–Kier alpha value is -2.58. The molecule has 1 unspecified atom stereocenters. The van der Waals surface area contributed by atoms with Gasteiger partial charge in [-0.2, -0.15) is 8.42 Å². The normalized spacial score (nSPS) is 20.1. The zero-order chi connectivity index (χ0) is 20.8. The van der Waals surface area contributed by atoms with Gasteiger partial charge in [0.05, 0.1) is 0 Å². The molecule has 0 saturated carbocycles. The van der Waals surface area contributed by atoms with Crippen LogP contribution in [0.25, 0.3) is 0 Å². The summed E-state index contributed by atoms with van der Waals surface area (Å²) in [5.41, 5.74) is 7.64. The van der Waals surface area contributed by atoms with Gasteiger partial charge >= 0.3 is 10.1 Å². The zero-order valence-electron chi connectivity index (χ0n) is 16.4. The number of nitrogens with one attached hydrogen (secondary N) is 1. The molecule has 4 rings (SSSR count). The van der Waals surface area contributed by atoms with Crippen LogP contribution in [0.1, 0.15) is 43.0 Å². The highest BCUT2D eigenvalue weighted by molar-refractivity contribution is 7.87. The number of hydrogen-bond acceptors (Lipinski definition) is 6. The first-order valence-corrected chi connectivity index (χ1v) is 11.0. The van der Waals surface area contributed by atoms with Crippen molar-refractivity contribution in [3.05, 3.63) is 53.1 Å². The van der Waals surface area contributed by atoms with Crippen LogP contribution in [0, 0.1) is 0 Å². The summed E-state index contributed by atoms with van der Waals surface area (Å²) in [6, 6.07) is 9.05. The lowest BCUT2D eigenvalue weighted by molar-refractivity contribution is -0.120. The third-order valence-corrected chi connectivity index (χ3v) is 6.61. The Kier molecular flexibility index (Phi) is 4.78. The van der Waals surface area contributed by atoms with Gasteiger partial charge in [0.15, 0.2) is 0 Å². The lowest BCUT2D eigenvalue weighted by atomic mass is 9.94. The van der Waals surface area contributed by atoms with Crippen LogP contribution in [0.3, 0.4) is 0 Å². The number of carbonyl (C=O) groups is 1. The Morgan fingerprint density at radius 2 is 1.97 bits per heavy atom. The standard InChI is InChI=1S/C21H24N2O5S/c1-21(2)9-7-14-11-16(5-6-18(14)27-21)29(25,26)28-15-4-3-13-8-10-23-19(20(22)24)17(13)12-15/h3-6,11-12,19,23H,7-10H2,1-2H3,(H2,22,24). The number of aryl methyl sites for hydroxylation is 1. The lowest BCUT2D eigenvalue weighted by Crippen LogP contribution is -2.38. The Bertz CT molecular complexity index is 1080. The van der Waals surface area contributed by atoms with Gasteiger partial charge < -0.3 is 20.0 Å². The molecule has 0 radical (unpaired) electrons. The van der Waals surface area contributed by atoms with Gasteiger partial charge in [-0.25, -0.2) is 0 Å². The average Bonchev–Trinajstić information content (AvgIpc) is 2.66. The van der Waals surface area contributed by atoms with Crippen molar-refractivity contribution in [1.29, 1.82) is 0 Å². The SMILES string of the molecule is CC1(C)CCc2cc(S(=O)(=O)Oc3ccc4c(c3)C(C(N)=O)NCC4)ccc2O1. The third-order valence-electron chi connectivity index (χ3n) is 5.36. The maximum Gasteiger partial charge on any atom is 0.339 e. The molecule has 2 aromatic rings. The van der Waals surface area contributed by atoms with E-state index in [0.29, 0.717) is 17.9 Å². The van der Waals surface area contributed by atoms with Crippen molar-refractivity contribution >= 4 is 16.0 Å². The molecule has 2 aromatic carbocycles. The van der Waals surface area contributed by atoms with Gasteiger partial charge in [-0.1, -0.05) is 6.07 Å². The second kappa shape index (κ2) is 7.03. The molecule has 0 aliphatic carbocycles. The summed E-state index contributed by atoms with van der Waals surface area (Å²) in [5, 5.41) is 3.04. The van der Waals surface area contributed by atoms with Crippen molar-refractivity contribution in [2.75, 3.05) is 6.54 Å². The number of rotatable bonds is 4. The van der Waals surface area contributed by atoms with Crippen LogP contribution in [0.4, 0.5) is 0 Å². The van der Waals surface area contributed by atoms with E-state index < -0.39 is 22.1 Å². The second-order valence-electron chi connectivity index (χ2n) is 8.07. The van der Waals surface area contributed by atoms with Crippen LogP contribution < -0.4 is 20.0 Å². The molecule has 3 N–H and O–H groups in total. The van der Waals surface area contributed by atoms with Gasteiger partial charge in [0.1, 0.15) is 28.0 Å². The van der Waals surface area contributed by atoms with Crippen LogP contribution in [0.2, 0.25) is 0 Å². The first kappa shape index (κ1) is 19.7. The number of amides is 1. The smallest absolute Gasteiger partial charge is 0.339 e. The molecule has 0 bridgehead atoms. The first-order chi connectivity index (χ1) is 13.6. The van der Waals surface area contributed by atoms with Gasteiger partial charge in [-0.15, -0.1) is 0 Å². The number of nitrogens with two attached hydrogens (primary N) is 1. The molecule has 1 atom stereocenters. The second-order valence-corrected chi connectivity index (χ2v) is 9.62. The molecule has 2 heterocycles. The van der Waals surface area contributed by atoms with Crippen molar-refractivity contribution in [2.45, 2.75) is 49.6 Å². The minimum Gasteiger partial charge on any atom is -0.488 e. The summed E-state index contributed by atoms with van der Waals surface area (Å²) in [6.07, 6.45) is 2.26. The summed E-state index contributed by atoms with van der Waals surface area (Å²) >= 11 is 0. The molecule has 2 aliphatic rings. The summed E-state index contributed by atoms with van der Waals surface area (Å²) in [4.78, 5) is 11.8. The number of primary amides is 1. The van der Waals surface area contributed by atoms with E-state index in [4.69, 9.17) is 14.7 Å². The van der Waals surface area contributed by atoms with Gasteiger partial charge in [-0.05, 0) is 80.1 Å². The Morgan fingerprint density at radius 3 is 2.72 bits per heavy atom. The number of hydrogen-bond donors (Lipinski definition) is 2. The zero-order valence-corrected chi connectivity index (χ0v) is 17.2. The molecular weight excluding hydrogens is 392 g/mol. The molecule has 8 heteroatoms. The maximum atomic E-state index is 12.8. The van der Waals surface area contributed by atoms with E-state index in [0.717, 1.165) is 30.4 Å². The van der Waals surface area contributed by atoms with E-state index in [1.54, 1.807) is 30.3 Å². The van der Waals surface area contributed by atoms with E-state index in [2.05, 4.69) is 5.32 Å². The van der Waals surface area contributed by atoms with Crippen molar-refractivity contribution in [2.24, 2.45) is 5.73 Å². The van der Waals surface area contributed by atoms with Gasteiger partial charge in [0.25, 0.3) is 0 Å². The molecule has 1 amide bonds. The van der Waals surface area contributed by atoms with Crippen LogP contribution in [-0.4, -0.2) is 26.5 Å². The average molecular weight is 416 g/mol. The summed E-state index contributed by atoms with van der Waals surface area (Å²) in [6.45, 7) is 4.65. The van der Waals surface area contributed by atoms with Crippen molar-refractivity contribution in [3.8, 4) is 11.5 Å². The fourth-order valence-corrected chi connectivity index (χ4v) is 4.78. The molecule has 0 spiro atoms. The highest BCUT2D eigenvalue weighted by atomic mass is 32.2. The monoisotopic (exact) mass is 416 g/mol. The number of ether oxygens (including phenoxy) is 1. The van der Waals surface area contributed by atoms with Crippen molar-refractivity contribution in [3.63, 3.8) is 0 Å². The van der Waals surface area contributed by atoms with Gasteiger partial charge in [0, 0.05) is 6.54 Å². The summed E-state index contributed by atoms with van der Waals surface area (Å²) in [7, 11) is -4.03. The topological polar surface area (TPSA) is 108 Å². The molecule has 2 aliphatic heterocycles. The molecule has 7 nitrogen and oxygen atoms in total. The Labute approximate surface area is 170 Å². The van der Waals surface area contributed by atoms with E-state index in [1.165, 1.54) is 6.07 Å². The highest BCUT2D eigenvalue weighted by Gasteiger charge is 2.29. The molecule has 0 saturated heterocycles. The fraction of sp³-hybridized carbons (Fsp3) is 0.381. The summed E-state index contributed by atoms with van der Waals surface area (Å²) in [5.74, 6) is 0.335.